The highest BCUT2D eigenvalue weighted by Gasteiger charge is 2.56. The minimum absolute atomic E-state index is 0.289. The maximum absolute atomic E-state index is 14.2. The van der Waals surface area contributed by atoms with Gasteiger partial charge in [-0.25, -0.2) is 4.79 Å². The molecule has 0 saturated carbocycles. The smallest absolute Gasteiger partial charge is 0.342 e. The molecule has 214 valence electrons. The van der Waals surface area contributed by atoms with Crippen molar-refractivity contribution < 1.29 is 14.3 Å². The van der Waals surface area contributed by atoms with E-state index in [2.05, 4.69) is 61.3 Å². The molecule has 4 aromatic carbocycles. The highest BCUT2D eigenvalue weighted by atomic mass is 16.6. The molecule has 0 aliphatic carbocycles. The summed E-state index contributed by atoms with van der Waals surface area (Å²) in [4.78, 5) is 16.6. The number of hydrogen-bond donors (Lipinski definition) is 1. The monoisotopic (exact) mass is 558 g/mol. The molecular formula is C37H38N2O3. The number of esters is 1. The van der Waals surface area contributed by atoms with Gasteiger partial charge in [-0.05, 0) is 80.0 Å². The van der Waals surface area contributed by atoms with Crippen molar-refractivity contribution in [2.45, 2.75) is 58.5 Å². The number of nitrogens with one attached hydrogen (secondary N) is 1. The zero-order chi connectivity index (χ0) is 28.8. The van der Waals surface area contributed by atoms with Gasteiger partial charge in [0.1, 0.15) is 11.5 Å². The van der Waals surface area contributed by atoms with E-state index in [4.69, 9.17) is 9.47 Å². The van der Waals surface area contributed by atoms with Crippen molar-refractivity contribution in [3.8, 4) is 11.5 Å². The first-order valence-electron chi connectivity index (χ1n) is 15.4. The van der Waals surface area contributed by atoms with Gasteiger partial charge in [-0.3, -0.25) is 0 Å². The van der Waals surface area contributed by atoms with Gasteiger partial charge < -0.3 is 19.7 Å². The van der Waals surface area contributed by atoms with Crippen LogP contribution in [0.25, 0.3) is 0 Å². The Kier molecular flexibility index (Phi) is 6.69. The average Bonchev–Trinajstić information content (AvgIpc) is 3.31. The van der Waals surface area contributed by atoms with Crippen LogP contribution in [-0.2, 0) is 16.8 Å². The molecule has 1 fully saturated rings. The number of para-hydroxylation sites is 2. The van der Waals surface area contributed by atoms with Crippen molar-refractivity contribution in [3.05, 3.63) is 112 Å². The highest BCUT2D eigenvalue weighted by Crippen LogP contribution is 2.59. The third-order valence-corrected chi connectivity index (χ3v) is 9.10. The summed E-state index contributed by atoms with van der Waals surface area (Å²) >= 11 is 0. The summed E-state index contributed by atoms with van der Waals surface area (Å²) in [6.45, 7) is 8.51. The summed E-state index contributed by atoms with van der Waals surface area (Å²) in [7, 11) is 0. The van der Waals surface area contributed by atoms with E-state index in [1.165, 1.54) is 24.8 Å². The number of anilines is 3. The SMILES string of the molecule is CCCCc1ccc(Nc2c(C)cc(N3CCCC(C)C3)c3c2C2(OC3=O)c3ccccc3Oc3ccccc32)cc1. The van der Waals surface area contributed by atoms with Crippen molar-refractivity contribution in [2.24, 2.45) is 5.92 Å². The predicted molar refractivity (Wildman–Crippen MR) is 168 cm³/mol. The molecule has 7 rings (SSSR count). The summed E-state index contributed by atoms with van der Waals surface area (Å²) in [5.74, 6) is 1.69. The molecule has 3 aliphatic heterocycles. The molecule has 1 saturated heterocycles. The third kappa shape index (κ3) is 4.25. The lowest BCUT2D eigenvalue weighted by Crippen LogP contribution is -2.35. The van der Waals surface area contributed by atoms with Crippen LogP contribution in [0.4, 0.5) is 17.1 Å². The van der Waals surface area contributed by atoms with Crippen LogP contribution in [0.2, 0.25) is 0 Å². The van der Waals surface area contributed by atoms with E-state index >= 15 is 0 Å². The fraction of sp³-hybridized carbons (Fsp3) is 0.324. The Hall–Kier alpha value is -4.25. The lowest BCUT2D eigenvalue weighted by atomic mass is 9.76. The lowest BCUT2D eigenvalue weighted by Gasteiger charge is -2.38. The molecule has 5 heteroatoms. The Morgan fingerprint density at radius 1 is 0.976 bits per heavy atom. The first-order chi connectivity index (χ1) is 20.5. The zero-order valence-corrected chi connectivity index (χ0v) is 24.7. The van der Waals surface area contributed by atoms with E-state index in [1.54, 1.807) is 0 Å². The number of hydrogen-bond acceptors (Lipinski definition) is 5. The van der Waals surface area contributed by atoms with Gasteiger partial charge in [0, 0.05) is 35.5 Å². The van der Waals surface area contributed by atoms with E-state index in [0.29, 0.717) is 23.0 Å². The number of carbonyl (C=O) groups excluding carboxylic acids is 1. The Labute approximate surface area is 248 Å². The molecule has 1 spiro atoms. The number of piperidine rings is 1. The summed E-state index contributed by atoms with van der Waals surface area (Å²) in [5, 5.41) is 3.76. The van der Waals surface area contributed by atoms with Crippen LogP contribution in [0, 0.1) is 12.8 Å². The first-order valence-corrected chi connectivity index (χ1v) is 15.4. The van der Waals surface area contributed by atoms with Crippen LogP contribution in [-0.4, -0.2) is 19.1 Å². The molecule has 3 heterocycles. The number of ether oxygens (including phenoxy) is 2. The molecule has 1 atom stereocenters. The largest absolute Gasteiger partial charge is 0.456 e. The highest BCUT2D eigenvalue weighted by molar-refractivity contribution is 6.05. The van der Waals surface area contributed by atoms with E-state index in [9.17, 15) is 4.79 Å². The van der Waals surface area contributed by atoms with E-state index in [0.717, 1.165) is 65.2 Å². The molecule has 0 radical (unpaired) electrons. The number of fused-ring (bicyclic) bond motifs is 6. The van der Waals surface area contributed by atoms with E-state index in [1.807, 2.05) is 48.5 Å². The summed E-state index contributed by atoms with van der Waals surface area (Å²) < 4.78 is 13.1. The van der Waals surface area contributed by atoms with Crippen LogP contribution >= 0.6 is 0 Å². The molecular weight excluding hydrogens is 520 g/mol. The van der Waals surface area contributed by atoms with Gasteiger partial charge in [-0.2, -0.15) is 0 Å². The van der Waals surface area contributed by atoms with Crippen molar-refractivity contribution >= 4 is 23.0 Å². The standard InChI is InChI=1S/C37H38N2O3/c1-4-5-12-26-17-19-27(20-18-26)38-35-25(3)22-30(39-21-10-11-24(2)23-39)33-34(35)37(42-36(33)40)28-13-6-8-15-31(28)41-32-16-9-7-14-29(32)37/h6-9,13-20,22,24,38H,4-5,10-12,21,23H2,1-3H3. The third-order valence-electron chi connectivity index (χ3n) is 9.10. The Bertz CT molecular complexity index is 1610. The predicted octanol–water partition coefficient (Wildman–Crippen LogP) is 8.89. The normalized spacial score (nSPS) is 18.1. The minimum atomic E-state index is -1.14. The molecule has 4 aromatic rings. The molecule has 0 aromatic heterocycles. The quantitative estimate of drug-likeness (QED) is 0.240. The van der Waals surface area contributed by atoms with Crippen molar-refractivity contribution in [1.82, 2.24) is 0 Å². The van der Waals surface area contributed by atoms with Gasteiger partial charge in [-0.15, -0.1) is 0 Å². The molecule has 42 heavy (non-hydrogen) atoms. The Morgan fingerprint density at radius 3 is 2.33 bits per heavy atom. The Morgan fingerprint density at radius 2 is 1.67 bits per heavy atom. The number of unbranched alkanes of at least 4 members (excludes halogenated alkanes) is 1. The second-order valence-corrected chi connectivity index (χ2v) is 12.1. The number of aryl methyl sites for hydroxylation is 2. The lowest BCUT2D eigenvalue weighted by molar-refractivity contribution is 0.0226. The fourth-order valence-corrected chi connectivity index (χ4v) is 7.03. The van der Waals surface area contributed by atoms with Crippen LogP contribution in [0.1, 0.15) is 77.7 Å². The fourth-order valence-electron chi connectivity index (χ4n) is 7.03. The van der Waals surface area contributed by atoms with Gasteiger partial charge in [-0.1, -0.05) is 68.8 Å². The molecule has 0 amide bonds. The number of rotatable bonds is 6. The summed E-state index contributed by atoms with van der Waals surface area (Å²) in [6.07, 6.45) is 5.75. The topological polar surface area (TPSA) is 50.8 Å². The maximum atomic E-state index is 14.2. The molecule has 5 nitrogen and oxygen atoms in total. The molecule has 1 N–H and O–H groups in total. The molecule has 0 bridgehead atoms. The molecule has 3 aliphatic rings. The van der Waals surface area contributed by atoms with Gasteiger partial charge in [0.15, 0.2) is 5.60 Å². The van der Waals surface area contributed by atoms with Crippen molar-refractivity contribution in [1.29, 1.82) is 0 Å². The van der Waals surface area contributed by atoms with Crippen molar-refractivity contribution in [3.63, 3.8) is 0 Å². The second-order valence-electron chi connectivity index (χ2n) is 12.1. The minimum Gasteiger partial charge on any atom is -0.456 e. The van der Waals surface area contributed by atoms with Crippen LogP contribution < -0.4 is 15.0 Å². The van der Waals surface area contributed by atoms with E-state index < -0.39 is 5.60 Å². The number of carbonyl (C=O) groups is 1. The summed E-state index contributed by atoms with van der Waals surface area (Å²) in [5.41, 5.74) is 7.37. The van der Waals surface area contributed by atoms with Gasteiger partial charge >= 0.3 is 5.97 Å². The first kappa shape index (κ1) is 26.6. The van der Waals surface area contributed by atoms with Gasteiger partial charge in [0.25, 0.3) is 0 Å². The van der Waals surface area contributed by atoms with Crippen LogP contribution in [0.15, 0.2) is 78.9 Å². The van der Waals surface area contributed by atoms with Crippen LogP contribution in [0.5, 0.6) is 11.5 Å². The van der Waals surface area contributed by atoms with E-state index in [-0.39, 0.29) is 5.97 Å². The molecule has 1 unspecified atom stereocenters. The average molecular weight is 559 g/mol. The Balaban J connectivity index is 1.47. The van der Waals surface area contributed by atoms with Crippen molar-refractivity contribution in [2.75, 3.05) is 23.3 Å². The maximum Gasteiger partial charge on any atom is 0.342 e. The summed E-state index contributed by atoms with van der Waals surface area (Å²) in [6, 6.07) is 26.8. The van der Waals surface area contributed by atoms with Crippen LogP contribution in [0.3, 0.4) is 0 Å². The zero-order valence-electron chi connectivity index (χ0n) is 24.7. The number of benzene rings is 4. The van der Waals surface area contributed by atoms with Gasteiger partial charge in [0.2, 0.25) is 0 Å². The number of nitrogens with zero attached hydrogens (tertiary/aromatic N) is 1. The second kappa shape index (κ2) is 10.5. The van der Waals surface area contributed by atoms with Gasteiger partial charge in [0.05, 0.1) is 16.9 Å².